The van der Waals surface area contributed by atoms with Crippen LogP contribution in [0.4, 0.5) is 4.39 Å². The summed E-state index contributed by atoms with van der Waals surface area (Å²) in [6.07, 6.45) is 0.397. The highest BCUT2D eigenvalue weighted by Gasteiger charge is 2.15. The summed E-state index contributed by atoms with van der Waals surface area (Å²) in [5.41, 5.74) is 0.539. The highest BCUT2D eigenvalue weighted by molar-refractivity contribution is 6.31. The van der Waals surface area contributed by atoms with E-state index in [1.165, 1.54) is 18.2 Å². The summed E-state index contributed by atoms with van der Waals surface area (Å²) < 4.78 is 18.1. The number of nitrogens with zero attached hydrogens (tertiary/aromatic N) is 2. The van der Waals surface area contributed by atoms with Gasteiger partial charge in [-0.1, -0.05) is 23.7 Å². The van der Waals surface area contributed by atoms with Gasteiger partial charge in [-0.15, -0.1) is 0 Å². The molecule has 1 aromatic carbocycles. The van der Waals surface area contributed by atoms with Gasteiger partial charge in [-0.05, 0) is 24.1 Å². The second-order valence-corrected chi connectivity index (χ2v) is 4.95. The number of halogens is 2. The highest BCUT2D eigenvalue weighted by atomic mass is 35.5. The lowest BCUT2D eigenvalue weighted by Gasteiger charge is -2.03. The van der Waals surface area contributed by atoms with E-state index in [1.807, 2.05) is 0 Å². The molecule has 0 aliphatic rings. The lowest BCUT2D eigenvalue weighted by molar-refractivity contribution is -0.137. The van der Waals surface area contributed by atoms with Gasteiger partial charge in [0.15, 0.2) is 0 Å². The Hall–Kier alpha value is -1.95. The van der Waals surface area contributed by atoms with Gasteiger partial charge in [0.2, 0.25) is 11.7 Å². The maximum absolute atomic E-state index is 13.1. The Balaban J connectivity index is 2.12. The molecule has 0 fully saturated rings. The van der Waals surface area contributed by atoms with Crippen LogP contribution in [0.25, 0.3) is 11.4 Å². The van der Waals surface area contributed by atoms with Crippen LogP contribution in [-0.4, -0.2) is 21.2 Å². The molecule has 2 rings (SSSR count). The van der Waals surface area contributed by atoms with Crippen molar-refractivity contribution in [2.45, 2.75) is 19.8 Å². The Kier molecular flexibility index (Phi) is 4.34. The lowest BCUT2D eigenvalue weighted by atomic mass is 10.0. The molecule has 0 bridgehead atoms. The minimum atomic E-state index is -0.873. The van der Waals surface area contributed by atoms with E-state index in [2.05, 4.69) is 10.1 Å². The van der Waals surface area contributed by atoms with Crippen molar-refractivity contribution in [2.24, 2.45) is 5.92 Å². The average molecular weight is 299 g/mol. The summed E-state index contributed by atoms with van der Waals surface area (Å²) in [4.78, 5) is 14.7. The van der Waals surface area contributed by atoms with Crippen molar-refractivity contribution in [3.05, 3.63) is 34.9 Å². The third kappa shape index (κ3) is 3.54. The van der Waals surface area contributed by atoms with Gasteiger partial charge in [-0.3, -0.25) is 4.79 Å². The summed E-state index contributed by atoms with van der Waals surface area (Å²) >= 11 is 5.69. The molecule has 5 nitrogen and oxygen atoms in total. The van der Waals surface area contributed by atoms with Crippen molar-refractivity contribution >= 4 is 17.6 Å². The van der Waals surface area contributed by atoms with E-state index in [0.29, 0.717) is 23.7 Å². The largest absolute Gasteiger partial charge is 0.481 e. The van der Waals surface area contributed by atoms with Crippen molar-refractivity contribution < 1.29 is 18.8 Å². The van der Waals surface area contributed by atoms with E-state index in [4.69, 9.17) is 21.2 Å². The highest BCUT2D eigenvalue weighted by Crippen LogP contribution is 2.23. The third-order valence-electron chi connectivity index (χ3n) is 2.69. The van der Waals surface area contributed by atoms with Crippen LogP contribution in [0.3, 0.4) is 0 Å². The van der Waals surface area contributed by atoms with Gasteiger partial charge < -0.3 is 9.63 Å². The van der Waals surface area contributed by atoms with E-state index in [9.17, 15) is 9.18 Å². The van der Waals surface area contributed by atoms with Gasteiger partial charge in [0.05, 0.1) is 5.02 Å². The first-order valence-electron chi connectivity index (χ1n) is 5.95. The van der Waals surface area contributed by atoms with Crippen molar-refractivity contribution in [3.8, 4) is 11.4 Å². The van der Waals surface area contributed by atoms with Gasteiger partial charge in [-0.25, -0.2) is 4.39 Å². The Morgan fingerprint density at radius 2 is 2.30 bits per heavy atom. The van der Waals surface area contributed by atoms with Crippen LogP contribution in [0.5, 0.6) is 0 Å². The van der Waals surface area contributed by atoms with E-state index < -0.39 is 11.8 Å². The average Bonchev–Trinajstić information content (AvgIpc) is 2.80. The lowest BCUT2D eigenvalue weighted by Crippen LogP contribution is -2.07. The number of hydrogen-bond donors (Lipinski definition) is 1. The van der Waals surface area contributed by atoms with Crippen LogP contribution in [0, 0.1) is 11.7 Å². The maximum Gasteiger partial charge on any atom is 0.303 e. The third-order valence-corrected chi connectivity index (χ3v) is 2.98. The zero-order valence-electron chi connectivity index (χ0n) is 10.6. The van der Waals surface area contributed by atoms with Crippen LogP contribution in [0.2, 0.25) is 5.02 Å². The summed E-state index contributed by atoms with van der Waals surface area (Å²) in [6.45, 7) is 1.78. The van der Waals surface area contributed by atoms with Gasteiger partial charge in [0.1, 0.15) is 5.82 Å². The van der Waals surface area contributed by atoms with Gasteiger partial charge >= 0.3 is 5.97 Å². The number of carboxylic acid groups (broad SMARTS) is 1. The standard InChI is InChI=1S/C13H12ClFN2O3/c1-7(5-12(18)19)4-11-16-13(17-20-11)8-2-3-10(15)9(14)6-8/h2-3,6-7H,4-5H2,1H3,(H,18,19). The number of carboxylic acids is 1. The predicted molar refractivity (Wildman–Crippen MR) is 69.8 cm³/mol. The molecule has 0 spiro atoms. The summed E-state index contributed by atoms with van der Waals surface area (Å²) in [5, 5.41) is 12.4. The fraction of sp³-hybridized carbons (Fsp3) is 0.308. The molecule has 1 aromatic heterocycles. The van der Waals surface area contributed by atoms with E-state index in [0.717, 1.165) is 0 Å². The van der Waals surface area contributed by atoms with Crippen LogP contribution in [-0.2, 0) is 11.2 Å². The maximum atomic E-state index is 13.1. The summed E-state index contributed by atoms with van der Waals surface area (Å²) in [6, 6.07) is 4.13. The number of rotatable bonds is 5. The zero-order valence-corrected chi connectivity index (χ0v) is 11.4. The Morgan fingerprint density at radius 3 is 2.95 bits per heavy atom. The fourth-order valence-electron chi connectivity index (χ4n) is 1.76. The molecule has 0 saturated heterocycles. The molecule has 2 aromatic rings. The van der Waals surface area contributed by atoms with E-state index in [1.54, 1.807) is 6.92 Å². The second kappa shape index (κ2) is 6.00. The fourth-order valence-corrected chi connectivity index (χ4v) is 1.94. The summed E-state index contributed by atoms with van der Waals surface area (Å²) in [7, 11) is 0. The number of aliphatic carboxylic acids is 1. The smallest absolute Gasteiger partial charge is 0.303 e. The Bertz CT molecular complexity index is 630. The SMILES string of the molecule is CC(CC(=O)O)Cc1nc(-c2ccc(F)c(Cl)c2)no1. The molecule has 1 atom stereocenters. The number of carbonyl (C=O) groups is 1. The van der Waals surface area contributed by atoms with Gasteiger partial charge in [-0.2, -0.15) is 4.98 Å². The van der Waals surface area contributed by atoms with Gasteiger partial charge in [0, 0.05) is 18.4 Å². The molecule has 7 heteroatoms. The molecule has 20 heavy (non-hydrogen) atoms. The molecule has 1 N–H and O–H groups in total. The van der Waals surface area contributed by atoms with Crippen molar-refractivity contribution in [3.63, 3.8) is 0 Å². The molecule has 0 radical (unpaired) electrons. The molecule has 1 heterocycles. The monoisotopic (exact) mass is 298 g/mol. The molecule has 0 amide bonds. The van der Waals surface area contributed by atoms with Crippen molar-refractivity contribution in [1.82, 2.24) is 10.1 Å². The topological polar surface area (TPSA) is 76.2 Å². The van der Waals surface area contributed by atoms with Crippen LogP contribution in [0.1, 0.15) is 19.2 Å². The first-order valence-corrected chi connectivity index (χ1v) is 6.33. The van der Waals surface area contributed by atoms with Crippen LogP contribution in [0.15, 0.2) is 22.7 Å². The minimum Gasteiger partial charge on any atom is -0.481 e. The number of aromatic nitrogens is 2. The van der Waals surface area contributed by atoms with Crippen LogP contribution >= 0.6 is 11.6 Å². The van der Waals surface area contributed by atoms with Gasteiger partial charge in [0.25, 0.3) is 0 Å². The molecule has 0 saturated carbocycles. The normalized spacial score (nSPS) is 12.3. The van der Waals surface area contributed by atoms with E-state index >= 15 is 0 Å². The molecular formula is C13H12ClFN2O3. The predicted octanol–water partition coefficient (Wildman–Crippen LogP) is 3.18. The number of benzene rings is 1. The molecule has 0 aliphatic heterocycles. The first kappa shape index (κ1) is 14.5. The van der Waals surface area contributed by atoms with Crippen molar-refractivity contribution in [2.75, 3.05) is 0 Å². The second-order valence-electron chi connectivity index (χ2n) is 4.55. The zero-order chi connectivity index (χ0) is 14.7. The Morgan fingerprint density at radius 1 is 1.55 bits per heavy atom. The number of hydrogen-bond acceptors (Lipinski definition) is 4. The summed E-state index contributed by atoms with van der Waals surface area (Å²) in [5.74, 6) is -0.868. The molecule has 1 unspecified atom stereocenters. The van der Waals surface area contributed by atoms with E-state index in [-0.39, 0.29) is 17.4 Å². The van der Waals surface area contributed by atoms with Crippen LogP contribution < -0.4 is 0 Å². The molecule has 106 valence electrons. The molecule has 0 aliphatic carbocycles. The Labute approximate surface area is 119 Å². The van der Waals surface area contributed by atoms with Crippen molar-refractivity contribution in [1.29, 1.82) is 0 Å². The quantitative estimate of drug-likeness (QED) is 0.917. The molecular weight excluding hydrogens is 287 g/mol. The first-order chi connectivity index (χ1) is 9.45. The minimum absolute atomic E-state index is 0.0203.